The van der Waals surface area contributed by atoms with E-state index in [0.717, 1.165) is 18.9 Å². The van der Waals surface area contributed by atoms with E-state index >= 15 is 0 Å². The second-order valence-electron chi connectivity index (χ2n) is 5.15. The summed E-state index contributed by atoms with van der Waals surface area (Å²) in [4.78, 5) is 11.1. The molecule has 0 atom stereocenters. The van der Waals surface area contributed by atoms with Gasteiger partial charge in [-0.15, -0.1) is 0 Å². The number of nitrogens with zero attached hydrogens (tertiary/aromatic N) is 4. The Kier molecular flexibility index (Phi) is 4.03. The Balaban J connectivity index is 2.16. The Labute approximate surface area is 115 Å². The van der Waals surface area contributed by atoms with E-state index in [2.05, 4.69) is 14.9 Å². The number of nitrogens with two attached hydrogens (primary N) is 1. The van der Waals surface area contributed by atoms with Crippen molar-refractivity contribution in [2.24, 2.45) is 0 Å². The van der Waals surface area contributed by atoms with Crippen molar-refractivity contribution >= 4 is 11.8 Å². The third kappa shape index (κ3) is 3.30. The third-order valence-electron chi connectivity index (χ3n) is 3.54. The summed E-state index contributed by atoms with van der Waals surface area (Å²) in [5.41, 5.74) is 4.39. The summed E-state index contributed by atoms with van der Waals surface area (Å²) < 4.78 is 38.1. The molecule has 0 unspecified atom stereocenters. The minimum atomic E-state index is -4.51. The molecule has 2 heterocycles. The first-order chi connectivity index (χ1) is 9.27. The van der Waals surface area contributed by atoms with Crippen LogP contribution in [0, 0.1) is 0 Å². The number of hydrogen-bond acceptors (Lipinski definition) is 5. The monoisotopic (exact) mass is 289 g/mol. The van der Waals surface area contributed by atoms with E-state index in [1.807, 2.05) is 19.0 Å². The SMILES string of the molecule is CN(C)C1CCN(c2cc(C(F)(F)F)nc(N)n2)CC1. The van der Waals surface area contributed by atoms with Gasteiger partial charge in [-0.25, -0.2) is 4.98 Å². The van der Waals surface area contributed by atoms with E-state index in [1.165, 1.54) is 0 Å². The first-order valence-electron chi connectivity index (χ1n) is 6.40. The number of piperidine rings is 1. The molecule has 0 aliphatic carbocycles. The van der Waals surface area contributed by atoms with Crippen LogP contribution >= 0.6 is 0 Å². The molecule has 1 saturated heterocycles. The predicted octanol–water partition coefficient (Wildman–Crippen LogP) is 1.61. The number of nitrogen functional groups attached to an aromatic ring is 1. The van der Waals surface area contributed by atoms with Crippen LogP contribution in [0.4, 0.5) is 24.9 Å². The van der Waals surface area contributed by atoms with Crippen LogP contribution < -0.4 is 10.6 Å². The number of anilines is 2. The molecule has 20 heavy (non-hydrogen) atoms. The van der Waals surface area contributed by atoms with Crippen molar-refractivity contribution in [1.82, 2.24) is 14.9 Å². The lowest BCUT2D eigenvalue weighted by Gasteiger charge is -2.35. The van der Waals surface area contributed by atoms with Gasteiger partial charge in [0.1, 0.15) is 5.82 Å². The van der Waals surface area contributed by atoms with Crippen LogP contribution in [0.1, 0.15) is 18.5 Å². The lowest BCUT2D eigenvalue weighted by Crippen LogP contribution is -2.42. The van der Waals surface area contributed by atoms with Crippen LogP contribution in [-0.4, -0.2) is 48.1 Å². The van der Waals surface area contributed by atoms with Crippen molar-refractivity contribution in [2.75, 3.05) is 37.8 Å². The van der Waals surface area contributed by atoms with Gasteiger partial charge in [0.05, 0.1) is 0 Å². The first-order valence-corrected chi connectivity index (χ1v) is 6.40. The van der Waals surface area contributed by atoms with Gasteiger partial charge in [-0.3, -0.25) is 0 Å². The Hall–Kier alpha value is -1.57. The minimum absolute atomic E-state index is 0.252. The standard InChI is InChI=1S/C12H18F3N5/c1-19(2)8-3-5-20(6-4-8)10-7-9(12(13,14)15)17-11(16)18-10/h7-8H,3-6H2,1-2H3,(H2,16,17,18). The van der Waals surface area contributed by atoms with Crippen LogP contribution in [0.5, 0.6) is 0 Å². The zero-order valence-electron chi connectivity index (χ0n) is 11.5. The van der Waals surface area contributed by atoms with Crippen molar-refractivity contribution in [2.45, 2.75) is 25.1 Å². The van der Waals surface area contributed by atoms with Gasteiger partial charge in [0.2, 0.25) is 5.95 Å². The fourth-order valence-corrected chi connectivity index (χ4v) is 2.37. The van der Waals surface area contributed by atoms with Gasteiger partial charge in [-0.2, -0.15) is 18.2 Å². The maximum atomic E-state index is 12.7. The second-order valence-corrected chi connectivity index (χ2v) is 5.15. The highest BCUT2D eigenvalue weighted by atomic mass is 19.4. The van der Waals surface area contributed by atoms with Gasteiger partial charge in [0.25, 0.3) is 0 Å². The molecule has 1 aromatic rings. The molecular weight excluding hydrogens is 271 g/mol. The molecule has 112 valence electrons. The van der Waals surface area contributed by atoms with E-state index in [1.54, 1.807) is 0 Å². The molecule has 0 aromatic carbocycles. The van der Waals surface area contributed by atoms with Crippen LogP contribution in [0.15, 0.2) is 6.07 Å². The fraction of sp³-hybridized carbons (Fsp3) is 0.667. The van der Waals surface area contributed by atoms with E-state index in [-0.39, 0.29) is 11.8 Å². The maximum Gasteiger partial charge on any atom is 0.433 e. The van der Waals surface area contributed by atoms with Gasteiger partial charge < -0.3 is 15.5 Å². The lowest BCUT2D eigenvalue weighted by molar-refractivity contribution is -0.141. The van der Waals surface area contributed by atoms with Crippen LogP contribution in [-0.2, 0) is 6.18 Å². The van der Waals surface area contributed by atoms with E-state index in [4.69, 9.17) is 5.73 Å². The number of rotatable bonds is 2. The molecule has 0 amide bonds. The van der Waals surface area contributed by atoms with E-state index < -0.39 is 11.9 Å². The summed E-state index contributed by atoms with van der Waals surface area (Å²) in [5.74, 6) is -0.0911. The molecule has 0 radical (unpaired) electrons. The topological polar surface area (TPSA) is 58.3 Å². The quantitative estimate of drug-likeness (QED) is 0.896. The highest BCUT2D eigenvalue weighted by molar-refractivity contribution is 5.44. The molecule has 1 aromatic heterocycles. The van der Waals surface area contributed by atoms with Crippen molar-refractivity contribution in [3.05, 3.63) is 11.8 Å². The predicted molar refractivity (Wildman–Crippen MR) is 70.4 cm³/mol. The average molecular weight is 289 g/mol. The van der Waals surface area contributed by atoms with Gasteiger partial charge in [-0.1, -0.05) is 0 Å². The van der Waals surface area contributed by atoms with Crippen molar-refractivity contribution in [1.29, 1.82) is 0 Å². The Bertz CT molecular complexity index is 467. The molecule has 8 heteroatoms. The molecule has 2 rings (SSSR count). The summed E-state index contributed by atoms with van der Waals surface area (Å²) in [6.45, 7) is 1.33. The zero-order chi connectivity index (χ0) is 14.9. The number of hydrogen-bond donors (Lipinski definition) is 1. The second kappa shape index (κ2) is 5.43. The molecule has 2 N–H and O–H groups in total. The van der Waals surface area contributed by atoms with E-state index in [9.17, 15) is 13.2 Å². The van der Waals surface area contributed by atoms with Crippen LogP contribution in [0.25, 0.3) is 0 Å². The van der Waals surface area contributed by atoms with Gasteiger partial charge >= 0.3 is 6.18 Å². The molecule has 0 bridgehead atoms. The molecule has 5 nitrogen and oxygen atoms in total. The Morgan fingerprint density at radius 1 is 1.25 bits per heavy atom. The fourth-order valence-electron chi connectivity index (χ4n) is 2.37. The maximum absolute atomic E-state index is 12.7. The summed E-state index contributed by atoms with van der Waals surface area (Å²) in [6, 6.07) is 1.42. The van der Waals surface area contributed by atoms with Crippen molar-refractivity contribution in [3.63, 3.8) is 0 Å². The highest BCUT2D eigenvalue weighted by Crippen LogP contribution is 2.31. The normalized spacial score (nSPS) is 17.8. The Morgan fingerprint density at radius 3 is 2.35 bits per heavy atom. The summed E-state index contributed by atoms with van der Waals surface area (Å²) in [5, 5.41) is 0. The number of alkyl halides is 3. The molecule has 1 aliphatic heterocycles. The molecule has 0 spiro atoms. The molecule has 1 fully saturated rings. The van der Waals surface area contributed by atoms with Crippen molar-refractivity contribution < 1.29 is 13.2 Å². The molecule has 1 aliphatic rings. The minimum Gasteiger partial charge on any atom is -0.368 e. The van der Waals surface area contributed by atoms with Crippen molar-refractivity contribution in [3.8, 4) is 0 Å². The van der Waals surface area contributed by atoms with Gasteiger partial charge in [0, 0.05) is 25.2 Å². The Morgan fingerprint density at radius 2 is 1.85 bits per heavy atom. The zero-order valence-corrected chi connectivity index (χ0v) is 11.5. The number of aromatic nitrogens is 2. The smallest absolute Gasteiger partial charge is 0.368 e. The molecular formula is C12H18F3N5. The largest absolute Gasteiger partial charge is 0.433 e. The van der Waals surface area contributed by atoms with Crippen LogP contribution in [0.3, 0.4) is 0 Å². The third-order valence-corrected chi connectivity index (χ3v) is 3.54. The summed E-state index contributed by atoms with van der Waals surface area (Å²) in [7, 11) is 4.01. The van der Waals surface area contributed by atoms with Crippen LogP contribution in [0.2, 0.25) is 0 Å². The summed E-state index contributed by atoms with van der Waals surface area (Å²) in [6.07, 6.45) is -2.73. The summed E-state index contributed by atoms with van der Waals surface area (Å²) >= 11 is 0. The van der Waals surface area contributed by atoms with E-state index in [0.29, 0.717) is 19.1 Å². The lowest BCUT2D eigenvalue weighted by atomic mass is 10.0. The van der Waals surface area contributed by atoms with Gasteiger partial charge in [-0.05, 0) is 26.9 Å². The highest BCUT2D eigenvalue weighted by Gasteiger charge is 2.34. The molecule has 0 saturated carbocycles. The first kappa shape index (κ1) is 14.8. The average Bonchev–Trinajstić information content (AvgIpc) is 2.37. The number of halogens is 3. The van der Waals surface area contributed by atoms with Gasteiger partial charge in [0.15, 0.2) is 5.69 Å².